The molecule has 0 aliphatic carbocycles. The SMILES string of the molecule is Nc1ccc(Oc2ccnc3cc(-c4ccc(O)cc4)sc23)cc1. The minimum atomic E-state index is 0.255. The number of nitrogens with two attached hydrogens (primary N) is 1. The molecule has 5 heteroatoms. The highest BCUT2D eigenvalue weighted by Gasteiger charge is 2.11. The van der Waals surface area contributed by atoms with Gasteiger partial charge < -0.3 is 15.6 Å². The Morgan fingerprint density at radius 2 is 1.71 bits per heavy atom. The van der Waals surface area contributed by atoms with E-state index in [1.807, 2.05) is 48.5 Å². The summed E-state index contributed by atoms with van der Waals surface area (Å²) in [7, 11) is 0. The van der Waals surface area contributed by atoms with Gasteiger partial charge in [-0.05, 0) is 60.2 Å². The van der Waals surface area contributed by atoms with E-state index in [0.29, 0.717) is 5.69 Å². The van der Waals surface area contributed by atoms with Crippen molar-refractivity contribution in [3.8, 4) is 27.7 Å². The van der Waals surface area contributed by atoms with E-state index in [-0.39, 0.29) is 5.75 Å². The number of nitrogen functional groups attached to an aromatic ring is 1. The van der Waals surface area contributed by atoms with Crippen LogP contribution in [-0.2, 0) is 0 Å². The Morgan fingerprint density at radius 1 is 0.958 bits per heavy atom. The van der Waals surface area contributed by atoms with E-state index < -0.39 is 0 Å². The summed E-state index contributed by atoms with van der Waals surface area (Å²) in [4.78, 5) is 5.50. The number of rotatable bonds is 3. The molecule has 24 heavy (non-hydrogen) atoms. The predicted octanol–water partition coefficient (Wildman–Crippen LogP) is 5.04. The van der Waals surface area contributed by atoms with Crippen LogP contribution in [0.4, 0.5) is 5.69 Å². The monoisotopic (exact) mass is 334 g/mol. The van der Waals surface area contributed by atoms with Gasteiger partial charge >= 0.3 is 0 Å². The lowest BCUT2D eigenvalue weighted by Gasteiger charge is -2.06. The third-order valence-electron chi connectivity index (χ3n) is 3.64. The van der Waals surface area contributed by atoms with Gasteiger partial charge in [-0.1, -0.05) is 0 Å². The number of hydrogen-bond acceptors (Lipinski definition) is 5. The van der Waals surface area contributed by atoms with Gasteiger partial charge in [-0.2, -0.15) is 0 Å². The van der Waals surface area contributed by atoms with Gasteiger partial charge in [-0.3, -0.25) is 4.98 Å². The lowest BCUT2D eigenvalue weighted by molar-refractivity contribution is 0.475. The molecule has 0 spiro atoms. The zero-order valence-corrected chi connectivity index (χ0v) is 13.5. The Morgan fingerprint density at radius 3 is 2.46 bits per heavy atom. The summed E-state index contributed by atoms with van der Waals surface area (Å²) in [6.45, 7) is 0. The minimum absolute atomic E-state index is 0.255. The molecule has 2 heterocycles. The van der Waals surface area contributed by atoms with Gasteiger partial charge in [0.15, 0.2) is 0 Å². The normalized spacial score (nSPS) is 10.8. The first kappa shape index (κ1) is 14.5. The molecule has 4 nitrogen and oxygen atoms in total. The van der Waals surface area contributed by atoms with E-state index in [9.17, 15) is 5.11 Å². The van der Waals surface area contributed by atoms with Crippen LogP contribution in [0.15, 0.2) is 66.9 Å². The summed E-state index contributed by atoms with van der Waals surface area (Å²) in [5, 5.41) is 9.43. The highest BCUT2D eigenvalue weighted by molar-refractivity contribution is 7.22. The molecule has 4 rings (SSSR count). The summed E-state index contributed by atoms with van der Waals surface area (Å²) < 4.78 is 6.97. The molecule has 0 saturated carbocycles. The van der Waals surface area contributed by atoms with Crippen molar-refractivity contribution < 1.29 is 9.84 Å². The van der Waals surface area contributed by atoms with Crippen LogP contribution in [0.25, 0.3) is 20.7 Å². The molecule has 3 N–H and O–H groups in total. The number of phenols is 1. The maximum Gasteiger partial charge on any atom is 0.148 e. The van der Waals surface area contributed by atoms with Gasteiger partial charge in [0, 0.05) is 22.8 Å². The van der Waals surface area contributed by atoms with Crippen molar-refractivity contribution in [3.63, 3.8) is 0 Å². The number of phenolic OH excluding ortho intramolecular Hbond substituents is 1. The second-order valence-corrected chi connectivity index (χ2v) is 6.40. The van der Waals surface area contributed by atoms with Gasteiger partial charge in [-0.25, -0.2) is 0 Å². The first-order valence-electron chi connectivity index (χ1n) is 7.40. The zero-order chi connectivity index (χ0) is 16.5. The first-order chi connectivity index (χ1) is 11.7. The largest absolute Gasteiger partial charge is 0.508 e. The molecule has 0 amide bonds. The van der Waals surface area contributed by atoms with Crippen molar-refractivity contribution in [2.24, 2.45) is 0 Å². The van der Waals surface area contributed by atoms with Crippen LogP contribution in [0, 0.1) is 0 Å². The average molecular weight is 334 g/mol. The molecule has 0 aliphatic heterocycles. The Labute approximate surface area is 142 Å². The Bertz CT molecular complexity index is 992. The smallest absolute Gasteiger partial charge is 0.148 e. The average Bonchev–Trinajstić information content (AvgIpc) is 3.03. The van der Waals surface area contributed by atoms with E-state index >= 15 is 0 Å². The van der Waals surface area contributed by atoms with Crippen molar-refractivity contribution in [3.05, 3.63) is 66.9 Å². The Kier molecular flexibility index (Phi) is 3.55. The standard InChI is InChI=1S/C19H14N2O2S/c20-13-3-7-15(8-4-13)23-17-9-10-21-16-11-18(24-19(16)17)12-1-5-14(22)6-2-12/h1-11,22H,20H2. The van der Waals surface area contributed by atoms with Crippen molar-refractivity contribution in [1.29, 1.82) is 0 Å². The van der Waals surface area contributed by atoms with E-state index in [0.717, 1.165) is 32.2 Å². The fourth-order valence-electron chi connectivity index (χ4n) is 2.43. The summed E-state index contributed by atoms with van der Waals surface area (Å²) in [6, 6.07) is 18.3. The van der Waals surface area contributed by atoms with Crippen molar-refractivity contribution in [1.82, 2.24) is 4.98 Å². The van der Waals surface area contributed by atoms with E-state index in [2.05, 4.69) is 4.98 Å². The second kappa shape index (κ2) is 5.86. The fourth-order valence-corrected chi connectivity index (χ4v) is 3.50. The van der Waals surface area contributed by atoms with Crippen molar-refractivity contribution in [2.45, 2.75) is 0 Å². The molecule has 0 radical (unpaired) electrons. The molecule has 0 aliphatic rings. The number of aromatic nitrogens is 1. The van der Waals surface area contributed by atoms with Crippen LogP contribution in [0.1, 0.15) is 0 Å². The number of pyridine rings is 1. The van der Waals surface area contributed by atoms with E-state index in [4.69, 9.17) is 10.5 Å². The lowest BCUT2D eigenvalue weighted by Crippen LogP contribution is -1.87. The molecule has 0 atom stereocenters. The molecular formula is C19H14N2O2S. The maximum atomic E-state index is 9.43. The molecule has 2 aromatic carbocycles. The second-order valence-electron chi connectivity index (χ2n) is 5.35. The molecule has 0 saturated heterocycles. The quantitative estimate of drug-likeness (QED) is 0.515. The number of hydrogen-bond donors (Lipinski definition) is 2. The number of thiophene rings is 1. The van der Waals surface area contributed by atoms with Crippen molar-refractivity contribution in [2.75, 3.05) is 5.73 Å². The Hall–Kier alpha value is -3.05. The molecule has 4 aromatic rings. The number of aromatic hydroxyl groups is 1. The number of fused-ring (bicyclic) bond motifs is 1. The number of ether oxygens (including phenoxy) is 1. The summed E-state index contributed by atoms with van der Waals surface area (Å²) in [5.41, 5.74) is 8.33. The van der Waals surface area contributed by atoms with Gasteiger partial charge in [-0.15, -0.1) is 11.3 Å². The molecule has 118 valence electrons. The summed E-state index contributed by atoms with van der Waals surface area (Å²) >= 11 is 1.61. The maximum absolute atomic E-state index is 9.43. The summed E-state index contributed by atoms with van der Waals surface area (Å²) in [6.07, 6.45) is 1.74. The minimum Gasteiger partial charge on any atom is -0.508 e. The van der Waals surface area contributed by atoms with Gasteiger partial charge in [0.25, 0.3) is 0 Å². The lowest BCUT2D eigenvalue weighted by atomic mass is 10.2. The number of benzene rings is 2. The molecule has 2 aromatic heterocycles. The third-order valence-corrected chi connectivity index (χ3v) is 4.82. The Balaban J connectivity index is 1.74. The van der Waals surface area contributed by atoms with Crippen LogP contribution in [0.2, 0.25) is 0 Å². The molecule has 0 fully saturated rings. The molecule has 0 bridgehead atoms. The van der Waals surface area contributed by atoms with Crippen molar-refractivity contribution >= 4 is 27.2 Å². The van der Waals surface area contributed by atoms with Gasteiger partial charge in [0.2, 0.25) is 0 Å². The highest BCUT2D eigenvalue weighted by Crippen LogP contribution is 2.39. The van der Waals surface area contributed by atoms with Crippen LogP contribution in [-0.4, -0.2) is 10.1 Å². The molecule has 0 unspecified atom stereocenters. The highest BCUT2D eigenvalue weighted by atomic mass is 32.1. The molecular weight excluding hydrogens is 320 g/mol. The van der Waals surface area contributed by atoms with Gasteiger partial charge in [0.05, 0.1) is 10.2 Å². The third kappa shape index (κ3) is 2.77. The van der Waals surface area contributed by atoms with Crippen LogP contribution in [0.5, 0.6) is 17.2 Å². The fraction of sp³-hybridized carbons (Fsp3) is 0. The van der Waals surface area contributed by atoms with Crippen LogP contribution < -0.4 is 10.5 Å². The number of anilines is 1. The predicted molar refractivity (Wildman–Crippen MR) is 97.6 cm³/mol. The first-order valence-corrected chi connectivity index (χ1v) is 8.22. The van der Waals surface area contributed by atoms with Crippen LogP contribution >= 0.6 is 11.3 Å². The topological polar surface area (TPSA) is 68.4 Å². The van der Waals surface area contributed by atoms with Crippen LogP contribution in [0.3, 0.4) is 0 Å². The van der Waals surface area contributed by atoms with Gasteiger partial charge in [0.1, 0.15) is 17.2 Å². The van der Waals surface area contributed by atoms with E-state index in [1.165, 1.54) is 0 Å². The van der Waals surface area contributed by atoms with E-state index in [1.54, 1.807) is 29.7 Å². The summed E-state index contributed by atoms with van der Waals surface area (Å²) in [5.74, 6) is 1.75. The number of nitrogens with zero attached hydrogens (tertiary/aromatic N) is 1. The zero-order valence-electron chi connectivity index (χ0n) is 12.6.